The lowest BCUT2D eigenvalue weighted by atomic mass is 10.3. The number of carboxylic acids is 2. The normalized spacial score (nSPS) is 13.2. The first-order chi connectivity index (χ1) is 4.46. The smallest absolute Gasteiger partial charge is 0.323 e. The zero-order chi connectivity index (χ0) is 8.31. The van der Waals surface area contributed by atoms with E-state index in [1.165, 1.54) is 0 Å². The lowest BCUT2D eigenvalue weighted by Crippen LogP contribution is -2.31. The van der Waals surface area contributed by atoms with Gasteiger partial charge in [0.25, 0.3) is 0 Å². The summed E-state index contributed by atoms with van der Waals surface area (Å²) in [5.41, 5.74) is 0. The van der Waals surface area contributed by atoms with Crippen molar-refractivity contribution in [1.82, 2.24) is 12.3 Å². The van der Waals surface area contributed by atoms with Crippen molar-refractivity contribution in [3.8, 4) is 0 Å². The summed E-state index contributed by atoms with van der Waals surface area (Å²) < 4.78 is 0. The molecule has 0 aliphatic heterocycles. The molecule has 0 amide bonds. The second-order valence-electron chi connectivity index (χ2n) is 1.48. The molecule has 0 aromatic rings. The Balaban J connectivity index is -0.000000405. The van der Waals surface area contributed by atoms with E-state index >= 15 is 0 Å². The molecule has 0 saturated heterocycles. The standard InChI is InChI=1S/C4H4Cl2O4.2H3N/c5-1(3(7)8)2(6)4(9)10;;/h1-2H,(H,7,8)(H,9,10);2*1H3. The zero-order valence-electron chi connectivity index (χ0n) is 6.04. The van der Waals surface area contributed by atoms with Crippen LogP contribution in [0.4, 0.5) is 0 Å². The third kappa shape index (κ3) is 5.14. The van der Waals surface area contributed by atoms with Gasteiger partial charge in [0.1, 0.15) is 0 Å². The molecule has 0 radical (unpaired) electrons. The van der Waals surface area contributed by atoms with E-state index in [-0.39, 0.29) is 12.3 Å². The minimum Gasteiger partial charge on any atom is -0.480 e. The lowest BCUT2D eigenvalue weighted by molar-refractivity contribution is -0.142. The molecule has 0 rings (SSSR count). The molecule has 0 aromatic heterocycles. The van der Waals surface area contributed by atoms with Gasteiger partial charge >= 0.3 is 11.9 Å². The van der Waals surface area contributed by atoms with Crippen LogP contribution in [-0.4, -0.2) is 32.9 Å². The van der Waals surface area contributed by atoms with Crippen molar-refractivity contribution in [2.45, 2.75) is 10.8 Å². The summed E-state index contributed by atoms with van der Waals surface area (Å²) in [5.74, 6) is -2.88. The molecular weight excluding hydrogens is 211 g/mol. The predicted molar refractivity (Wildman–Crippen MR) is 44.6 cm³/mol. The molecule has 2 atom stereocenters. The van der Waals surface area contributed by atoms with Crippen LogP contribution in [0.2, 0.25) is 0 Å². The molecule has 0 saturated carbocycles. The summed E-state index contributed by atoms with van der Waals surface area (Å²) in [6.07, 6.45) is 0. The van der Waals surface area contributed by atoms with Crippen LogP contribution in [0, 0.1) is 0 Å². The molecule has 2 unspecified atom stereocenters. The van der Waals surface area contributed by atoms with E-state index < -0.39 is 22.7 Å². The number of alkyl halides is 2. The number of halogens is 2. The molecule has 0 aromatic carbocycles. The van der Waals surface area contributed by atoms with E-state index in [4.69, 9.17) is 33.4 Å². The minimum atomic E-state index is -1.58. The third-order valence-corrected chi connectivity index (χ3v) is 1.74. The van der Waals surface area contributed by atoms with Gasteiger partial charge in [-0.15, -0.1) is 23.2 Å². The first-order valence-corrected chi connectivity index (χ1v) is 3.08. The van der Waals surface area contributed by atoms with Crippen molar-refractivity contribution in [2.75, 3.05) is 0 Å². The topological polar surface area (TPSA) is 145 Å². The van der Waals surface area contributed by atoms with Crippen LogP contribution >= 0.6 is 23.2 Å². The summed E-state index contributed by atoms with van der Waals surface area (Å²) in [7, 11) is 0. The number of aliphatic carboxylic acids is 2. The van der Waals surface area contributed by atoms with Crippen molar-refractivity contribution >= 4 is 35.1 Å². The summed E-state index contributed by atoms with van der Waals surface area (Å²) in [6, 6.07) is 0. The fourth-order valence-electron chi connectivity index (χ4n) is 0.250. The largest absolute Gasteiger partial charge is 0.480 e. The summed E-state index contributed by atoms with van der Waals surface area (Å²) in [4.78, 5) is 19.9. The van der Waals surface area contributed by atoms with Crippen molar-refractivity contribution in [3.05, 3.63) is 0 Å². The maximum absolute atomic E-state index is 9.97. The third-order valence-electron chi connectivity index (χ3n) is 0.729. The Hall–Kier alpha value is -0.560. The average molecular weight is 221 g/mol. The van der Waals surface area contributed by atoms with Gasteiger partial charge in [-0.3, -0.25) is 9.59 Å². The first kappa shape index (κ1) is 17.5. The van der Waals surface area contributed by atoms with Crippen LogP contribution in [-0.2, 0) is 9.59 Å². The van der Waals surface area contributed by atoms with E-state index in [1.807, 2.05) is 0 Å². The highest BCUT2D eigenvalue weighted by molar-refractivity contribution is 6.41. The quantitative estimate of drug-likeness (QED) is 0.516. The monoisotopic (exact) mass is 220 g/mol. The van der Waals surface area contributed by atoms with Crippen LogP contribution in [0.25, 0.3) is 0 Å². The number of hydrogen-bond donors (Lipinski definition) is 4. The Morgan fingerprint density at radius 3 is 1.17 bits per heavy atom. The van der Waals surface area contributed by atoms with Gasteiger partial charge in [0.15, 0.2) is 10.8 Å². The maximum atomic E-state index is 9.97. The molecule has 0 heterocycles. The van der Waals surface area contributed by atoms with Crippen molar-refractivity contribution in [2.24, 2.45) is 0 Å². The zero-order valence-corrected chi connectivity index (χ0v) is 7.55. The summed E-state index contributed by atoms with van der Waals surface area (Å²) >= 11 is 10.1. The molecule has 6 nitrogen and oxygen atoms in total. The molecule has 0 spiro atoms. The lowest BCUT2D eigenvalue weighted by Gasteiger charge is -2.05. The number of carboxylic acid groups (broad SMARTS) is 2. The van der Waals surface area contributed by atoms with Gasteiger partial charge in [0.05, 0.1) is 0 Å². The Labute approximate surface area is 78.6 Å². The number of hydrogen-bond acceptors (Lipinski definition) is 4. The van der Waals surface area contributed by atoms with Crippen LogP contribution in [0.1, 0.15) is 0 Å². The maximum Gasteiger partial charge on any atom is 0.323 e. The summed E-state index contributed by atoms with van der Waals surface area (Å²) in [6.45, 7) is 0. The Bertz CT molecular complexity index is 147. The minimum absolute atomic E-state index is 0. The molecule has 0 aliphatic carbocycles. The van der Waals surface area contributed by atoms with E-state index in [0.29, 0.717) is 0 Å². The Morgan fingerprint density at radius 1 is 0.917 bits per heavy atom. The van der Waals surface area contributed by atoms with Crippen molar-refractivity contribution in [1.29, 1.82) is 0 Å². The van der Waals surface area contributed by atoms with Gasteiger partial charge in [-0.05, 0) is 0 Å². The van der Waals surface area contributed by atoms with E-state index in [2.05, 4.69) is 0 Å². The highest BCUT2D eigenvalue weighted by Crippen LogP contribution is 2.09. The average Bonchev–Trinajstić information content (AvgIpc) is 1.84. The molecule has 0 bridgehead atoms. The SMILES string of the molecule is N.N.O=C(O)C(Cl)C(Cl)C(=O)O. The second kappa shape index (κ2) is 7.11. The fourth-order valence-corrected chi connectivity index (χ4v) is 0.466. The Kier molecular flexibility index (Phi) is 10.4. The second-order valence-corrected chi connectivity index (χ2v) is 2.42. The van der Waals surface area contributed by atoms with Crippen LogP contribution in [0.3, 0.4) is 0 Å². The number of carbonyl (C=O) groups is 2. The van der Waals surface area contributed by atoms with E-state index in [1.54, 1.807) is 0 Å². The molecule has 74 valence electrons. The van der Waals surface area contributed by atoms with Gasteiger partial charge in [-0.2, -0.15) is 0 Å². The van der Waals surface area contributed by atoms with Gasteiger partial charge in [-0.25, -0.2) is 0 Å². The van der Waals surface area contributed by atoms with E-state index in [9.17, 15) is 9.59 Å². The molecule has 8 heteroatoms. The van der Waals surface area contributed by atoms with E-state index in [0.717, 1.165) is 0 Å². The van der Waals surface area contributed by atoms with Gasteiger partial charge in [0.2, 0.25) is 0 Å². The van der Waals surface area contributed by atoms with Crippen molar-refractivity contribution < 1.29 is 19.8 Å². The number of rotatable bonds is 3. The van der Waals surface area contributed by atoms with Gasteiger partial charge in [-0.1, -0.05) is 0 Å². The van der Waals surface area contributed by atoms with Gasteiger partial charge < -0.3 is 22.5 Å². The molecule has 12 heavy (non-hydrogen) atoms. The highest BCUT2D eigenvalue weighted by Gasteiger charge is 2.29. The summed E-state index contributed by atoms with van der Waals surface area (Å²) in [5, 5.41) is 13.1. The van der Waals surface area contributed by atoms with Crippen molar-refractivity contribution in [3.63, 3.8) is 0 Å². The molecular formula is C4H10Cl2N2O4. The highest BCUT2D eigenvalue weighted by atomic mass is 35.5. The fraction of sp³-hybridized carbons (Fsp3) is 0.500. The van der Waals surface area contributed by atoms with Crippen LogP contribution in [0.5, 0.6) is 0 Å². The predicted octanol–water partition coefficient (Wildman–Crippen LogP) is 0.694. The van der Waals surface area contributed by atoms with Crippen LogP contribution < -0.4 is 12.3 Å². The molecule has 0 aliphatic rings. The molecule has 8 N–H and O–H groups in total. The van der Waals surface area contributed by atoms with Crippen LogP contribution in [0.15, 0.2) is 0 Å². The van der Waals surface area contributed by atoms with Gasteiger partial charge in [0, 0.05) is 0 Å². The Morgan fingerprint density at radius 2 is 1.08 bits per heavy atom. The molecule has 0 fully saturated rings. The first-order valence-electron chi connectivity index (χ1n) is 2.20.